The van der Waals surface area contributed by atoms with Crippen LogP contribution < -0.4 is 5.32 Å². The highest BCUT2D eigenvalue weighted by molar-refractivity contribution is 4.77. The summed E-state index contributed by atoms with van der Waals surface area (Å²) in [6.07, 6.45) is 9.57. The topological polar surface area (TPSA) is 29.9 Å². The van der Waals surface area contributed by atoms with E-state index in [1.165, 1.54) is 19.3 Å². The number of hydrogen-bond acceptors (Lipinski definition) is 2. The Morgan fingerprint density at radius 2 is 2.13 bits per heavy atom. The first-order chi connectivity index (χ1) is 7.22. The van der Waals surface area contributed by atoms with E-state index in [0.29, 0.717) is 12.1 Å². The van der Waals surface area contributed by atoms with Crippen LogP contribution in [0.15, 0.2) is 18.7 Å². The second-order valence-electron chi connectivity index (χ2n) is 4.37. The van der Waals surface area contributed by atoms with E-state index >= 15 is 0 Å². The van der Waals surface area contributed by atoms with Crippen LogP contribution in [0.5, 0.6) is 0 Å². The molecular formula is C12H23N3. The fourth-order valence-electron chi connectivity index (χ4n) is 1.84. The Hall–Kier alpha value is -0.830. The fourth-order valence-corrected chi connectivity index (χ4v) is 1.84. The standard InChI is InChI=1S/C12H23N3/c1-4-5-6-11(2)14-12(3)9-15-8-7-13-10-15/h7-8,10-12,14H,4-6,9H2,1-3H3. The first kappa shape index (κ1) is 12.2. The van der Waals surface area contributed by atoms with Gasteiger partial charge in [-0.15, -0.1) is 0 Å². The molecular weight excluding hydrogens is 186 g/mol. The van der Waals surface area contributed by atoms with Crippen molar-refractivity contribution >= 4 is 0 Å². The molecule has 0 amide bonds. The number of nitrogens with one attached hydrogen (secondary N) is 1. The second-order valence-corrected chi connectivity index (χ2v) is 4.37. The van der Waals surface area contributed by atoms with Crippen molar-refractivity contribution < 1.29 is 0 Å². The Bertz CT molecular complexity index is 243. The molecule has 0 saturated carbocycles. The zero-order chi connectivity index (χ0) is 11.1. The van der Waals surface area contributed by atoms with Gasteiger partial charge in [-0.25, -0.2) is 4.98 Å². The summed E-state index contributed by atoms with van der Waals surface area (Å²) in [4.78, 5) is 4.04. The molecule has 1 N–H and O–H groups in total. The number of hydrogen-bond donors (Lipinski definition) is 1. The van der Waals surface area contributed by atoms with Gasteiger partial charge in [0.1, 0.15) is 0 Å². The first-order valence-electron chi connectivity index (χ1n) is 5.94. The molecule has 3 nitrogen and oxygen atoms in total. The van der Waals surface area contributed by atoms with Gasteiger partial charge in [0.15, 0.2) is 0 Å². The van der Waals surface area contributed by atoms with Crippen molar-refractivity contribution in [3.8, 4) is 0 Å². The zero-order valence-electron chi connectivity index (χ0n) is 10.1. The normalized spacial score (nSPS) is 15.1. The summed E-state index contributed by atoms with van der Waals surface area (Å²) in [5.74, 6) is 0. The van der Waals surface area contributed by atoms with Crippen LogP contribution in [0.1, 0.15) is 40.0 Å². The van der Waals surface area contributed by atoms with Gasteiger partial charge in [-0.05, 0) is 20.3 Å². The molecule has 0 spiro atoms. The minimum atomic E-state index is 0.506. The number of aromatic nitrogens is 2. The van der Waals surface area contributed by atoms with Crippen LogP contribution in [0.3, 0.4) is 0 Å². The third-order valence-electron chi connectivity index (χ3n) is 2.60. The summed E-state index contributed by atoms with van der Waals surface area (Å²) in [6.45, 7) is 7.72. The maximum absolute atomic E-state index is 4.04. The maximum Gasteiger partial charge on any atom is 0.0946 e. The van der Waals surface area contributed by atoms with Crippen LogP contribution in [0, 0.1) is 0 Å². The molecule has 3 heteroatoms. The molecule has 2 atom stereocenters. The maximum atomic E-state index is 4.04. The van der Waals surface area contributed by atoms with Crippen molar-refractivity contribution in [3.63, 3.8) is 0 Å². The fraction of sp³-hybridized carbons (Fsp3) is 0.750. The van der Waals surface area contributed by atoms with Crippen LogP contribution in [0.4, 0.5) is 0 Å². The summed E-state index contributed by atoms with van der Waals surface area (Å²) >= 11 is 0. The Balaban J connectivity index is 2.20. The lowest BCUT2D eigenvalue weighted by molar-refractivity contribution is 0.401. The predicted molar refractivity (Wildman–Crippen MR) is 63.8 cm³/mol. The number of nitrogens with zero attached hydrogens (tertiary/aromatic N) is 2. The SMILES string of the molecule is CCCCC(C)NC(C)Cn1ccnc1. The summed E-state index contributed by atoms with van der Waals surface area (Å²) in [5, 5.41) is 3.60. The van der Waals surface area contributed by atoms with Crippen molar-refractivity contribution in [2.45, 2.75) is 58.7 Å². The third-order valence-corrected chi connectivity index (χ3v) is 2.60. The minimum Gasteiger partial charge on any atom is -0.336 e. The molecule has 1 aromatic rings. The summed E-state index contributed by atoms with van der Waals surface area (Å²) in [6, 6.07) is 1.12. The van der Waals surface area contributed by atoms with Crippen LogP contribution >= 0.6 is 0 Å². The van der Waals surface area contributed by atoms with Gasteiger partial charge in [0.25, 0.3) is 0 Å². The molecule has 0 fully saturated rings. The van der Waals surface area contributed by atoms with Crippen molar-refractivity contribution in [1.82, 2.24) is 14.9 Å². The highest BCUT2D eigenvalue weighted by Crippen LogP contribution is 2.01. The average molecular weight is 209 g/mol. The first-order valence-corrected chi connectivity index (χ1v) is 5.94. The second kappa shape index (κ2) is 6.62. The molecule has 0 bridgehead atoms. The molecule has 0 aromatic carbocycles. The molecule has 2 unspecified atom stereocenters. The Labute approximate surface area is 92.9 Å². The van der Waals surface area contributed by atoms with Crippen LogP contribution in [0.2, 0.25) is 0 Å². The minimum absolute atomic E-state index is 0.506. The molecule has 15 heavy (non-hydrogen) atoms. The molecule has 0 aliphatic heterocycles. The van der Waals surface area contributed by atoms with E-state index in [4.69, 9.17) is 0 Å². The molecule has 1 heterocycles. The van der Waals surface area contributed by atoms with Gasteiger partial charge < -0.3 is 9.88 Å². The lowest BCUT2D eigenvalue weighted by atomic mass is 10.1. The molecule has 0 radical (unpaired) electrons. The monoisotopic (exact) mass is 209 g/mol. The largest absolute Gasteiger partial charge is 0.336 e. The lowest BCUT2D eigenvalue weighted by Crippen LogP contribution is -2.37. The van der Waals surface area contributed by atoms with E-state index < -0.39 is 0 Å². The Morgan fingerprint density at radius 3 is 2.73 bits per heavy atom. The van der Waals surface area contributed by atoms with E-state index in [2.05, 4.69) is 35.6 Å². The summed E-state index contributed by atoms with van der Waals surface area (Å²) < 4.78 is 2.12. The van der Waals surface area contributed by atoms with Crippen molar-refractivity contribution in [2.75, 3.05) is 0 Å². The third kappa shape index (κ3) is 4.98. The number of unbranched alkanes of at least 4 members (excludes halogenated alkanes) is 1. The predicted octanol–water partition coefficient (Wildman–Crippen LogP) is 2.44. The van der Waals surface area contributed by atoms with Gasteiger partial charge in [0, 0.05) is 31.0 Å². The van der Waals surface area contributed by atoms with Crippen LogP contribution in [0.25, 0.3) is 0 Å². The summed E-state index contributed by atoms with van der Waals surface area (Å²) in [5.41, 5.74) is 0. The van der Waals surface area contributed by atoms with Gasteiger partial charge in [0.05, 0.1) is 6.33 Å². The van der Waals surface area contributed by atoms with Crippen LogP contribution in [-0.2, 0) is 6.54 Å². The average Bonchev–Trinajstić information content (AvgIpc) is 2.67. The van der Waals surface area contributed by atoms with E-state index in [-0.39, 0.29) is 0 Å². The molecule has 0 aliphatic carbocycles. The highest BCUT2D eigenvalue weighted by atomic mass is 15.1. The highest BCUT2D eigenvalue weighted by Gasteiger charge is 2.06. The van der Waals surface area contributed by atoms with Crippen LogP contribution in [-0.4, -0.2) is 21.6 Å². The molecule has 1 aromatic heterocycles. The van der Waals surface area contributed by atoms with E-state index in [0.717, 1.165) is 6.54 Å². The van der Waals surface area contributed by atoms with Gasteiger partial charge in [-0.1, -0.05) is 19.8 Å². The van der Waals surface area contributed by atoms with E-state index in [1.807, 2.05) is 18.7 Å². The Kier molecular flexibility index (Phi) is 5.40. The molecule has 1 rings (SSSR count). The van der Waals surface area contributed by atoms with Crippen molar-refractivity contribution in [1.29, 1.82) is 0 Å². The van der Waals surface area contributed by atoms with Gasteiger partial charge in [0.2, 0.25) is 0 Å². The molecule has 0 saturated heterocycles. The quantitative estimate of drug-likeness (QED) is 0.747. The van der Waals surface area contributed by atoms with Gasteiger partial charge in [-0.3, -0.25) is 0 Å². The zero-order valence-corrected chi connectivity index (χ0v) is 10.1. The molecule has 86 valence electrons. The Morgan fingerprint density at radius 1 is 1.33 bits per heavy atom. The van der Waals surface area contributed by atoms with Gasteiger partial charge in [-0.2, -0.15) is 0 Å². The number of rotatable bonds is 7. The van der Waals surface area contributed by atoms with E-state index in [9.17, 15) is 0 Å². The lowest BCUT2D eigenvalue weighted by Gasteiger charge is -2.20. The summed E-state index contributed by atoms with van der Waals surface area (Å²) in [7, 11) is 0. The van der Waals surface area contributed by atoms with Gasteiger partial charge >= 0.3 is 0 Å². The molecule has 0 aliphatic rings. The van der Waals surface area contributed by atoms with Crippen molar-refractivity contribution in [2.24, 2.45) is 0 Å². The van der Waals surface area contributed by atoms with Crippen molar-refractivity contribution in [3.05, 3.63) is 18.7 Å². The van der Waals surface area contributed by atoms with E-state index in [1.54, 1.807) is 0 Å². The smallest absolute Gasteiger partial charge is 0.0946 e. The number of imidazole rings is 1.